The van der Waals surface area contributed by atoms with Crippen molar-refractivity contribution < 1.29 is 0 Å². The molecule has 0 fully saturated rings. The Balaban J connectivity index is 1.16. The van der Waals surface area contributed by atoms with E-state index >= 15 is 0 Å². The van der Waals surface area contributed by atoms with E-state index in [0.717, 1.165) is 71.8 Å². The lowest BCUT2D eigenvalue weighted by atomic mass is 9.98. The van der Waals surface area contributed by atoms with Gasteiger partial charge in [0.2, 0.25) is 0 Å². The molecule has 9 rings (SSSR count). The van der Waals surface area contributed by atoms with Crippen molar-refractivity contribution >= 4 is 38.9 Å². The Morgan fingerprint density at radius 3 is 2.19 bits per heavy atom. The first-order valence-electron chi connectivity index (χ1n) is 15.8. The molecule has 0 bridgehead atoms. The van der Waals surface area contributed by atoms with Crippen molar-refractivity contribution in [2.75, 3.05) is 0 Å². The molecule has 8 aromatic rings. The van der Waals surface area contributed by atoms with Crippen LogP contribution in [0.3, 0.4) is 0 Å². The predicted molar refractivity (Wildman–Crippen MR) is 192 cm³/mol. The molecule has 47 heavy (non-hydrogen) atoms. The summed E-state index contributed by atoms with van der Waals surface area (Å²) in [4.78, 5) is 15.4. The molecule has 1 aliphatic rings. The van der Waals surface area contributed by atoms with Gasteiger partial charge in [-0.1, -0.05) is 127 Å². The number of para-hydroxylation sites is 2. The zero-order valence-electron chi connectivity index (χ0n) is 25.5. The molecular formula is C43H28N4. The number of aromatic nitrogens is 3. The SMILES string of the molecule is C1=C/C(c2ccc(-c3nc4ccccc4c4nc5ccccn5c34)cc2)=c2/cccc/c2=N/C(c2cccc(-c3ccccc3)c2)=C/1. The molecule has 0 radical (unpaired) electrons. The van der Waals surface area contributed by atoms with Crippen molar-refractivity contribution in [3.05, 3.63) is 192 Å². The molecule has 0 atom stereocenters. The topological polar surface area (TPSA) is 42.5 Å². The molecule has 1 aliphatic heterocycles. The average molecular weight is 601 g/mol. The third kappa shape index (κ3) is 4.75. The summed E-state index contributed by atoms with van der Waals surface area (Å²) in [5.74, 6) is 0. The molecule has 0 saturated carbocycles. The van der Waals surface area contributed by atoms with Gasteiger partial charge >= 0.3 is 0 Å². The molecule has 0 aliphatic carbocycles. The fourth-order valence-corrected chi connectivity index (χ4v) is 6.56. The van der Waals surface area contributed by atoms with E-state index in [2.05, 4.69) is 138 Å². The molecule has 0 unspecified atom stereocenters. The zero-order valence-corrected chi connectivity index (χ0v) is 25.5. The van der Waals surface area contributed by atoms with E-state index in [-0.39, 0.29) is 0 Å². The minimum atomic E-state index is 0.910. The van der Waals surface area contributed by atoms with Gasteiger partial charge in [-0.15, -0.1) is 0 Å². The number of hydrogen-bond donors (Lipinski definition) is 0. The second-order valence-corrected chi connectivity index (χ2v) is 11.7. The summed E-state index contributed by atoms with van der Waals surface area (Å²) in [6.07, 6.45) is 8.48. The fourth-order valence-electron chi connectivity index (χ4n) is 6.56. The van der Waals surface area contributed by atoms with Crippen LogP contribution in [0.1, 0.15) is 11.1 Å². The lowest BCUT2D eigenvalue weighted by Gasteiger charge is -2.11. The molecule has 220 valence electrons. The molecule has 0 N–H and O–H groups in total. The molecule has 5 aromatic carbocycles. The van der Waals surface area contributed by atoms with Gasteiger partial charge < -0.3 is 0 Å². The van der Waals surface area contributed by atoms with Gasteiger partial charge in [-0.05, 0) is 58.7 Å². The second kappa shape index (κ2) is 11.2. The molecule has 0 spiro atoms. The Labute approximate surface area is 271 Å². The Bertz CT molecular complexity index is 2660. The van der Waals surface area contributed by atoms with Crippen molar-refractivity contribution in [1.29, 1.82) is 0 Å². The van der Waals surface area contributed by atoms with E-state index in [4.69, 9.17) is 15.0 Å². The van der Waals surface area contributed by atoms with Gasteiger partial charge in [-0.2, -0.15) is 0 Å². The quantitative estimate of drug-likeness (QED) is 0.203. The maximum Gasteiger partial charge on any atom is 0.137 e. The Morgan fingerprint density at radius 1 is 0.532 bits per heavy atom. The van der Waals surface area contributed by atoms with Crippen LogP contribution in [0.4, 0.5) is 0 Å². The van der Waals surface area contributed by atoms with E-state index in [1.54, 1.807) is 0 Å². The number of nitrogens with zero attached hydrogens (tertiary/aromatic N) is 4. The third-order valence-electron chi connectivity index (χ3n) is 8.83. The fraction of sp³-hybridized carbons (Fsp3) is 0. The largest absolute Gasteiger partial charge is 0.298 e. The van der Waals surface area contributed by atoms with E-state index in [1.807, 2.05) is 36.4 Å². The zero-order chi connectivity index (χ0) is 31.2. The number of rotatable bonds is 4. The average Bonchev–Trinajstić information content (AvgIpc) is 3.53. The highest BCUT2D eigenvalue weighted by molar-refractivity contribution is 6.09. The Morgan fingerprint density at radius 2 is 1.28 bits per heavy atom. The van der Waals surface area contributed by atoms with Crippen LogP contribution in [0.2, 0.25) is 0 Å². The summed E-state index contributed by atoms with van der Waals surface area (Å²) in [5, 5.41) is 3.09. The minimum absolute atomic E-state index is 0.910. The molecule has 4 nitrogen and oxygen atoms in total. The van der Waals surface area contributed by atoms with Crippen molar-refractivity contribution in [2.24, 2.45) is 4.99 Å². The van der Waals surface area contributed by atoms with Crippen LogP contribution in [0.5, 0.6) is 0 Å². The van der Waals surface area contributed by atoms with Crippen LogP contribution >= 0.6 is 0 Å². The van der Waals surface area contributed by atoms with Gasteiger partial charge in [0.25, 0.3) is 0 Å². The van der Waals surface area contributed by atoms with E-state index < -0.39 is 0 Å². The van der Waals surface area contributed by atoms with Crippen LogP contribution < -0.4 is 10.6 Å². The monoisotopic (exact) mass is 600 g/mol. The highest BCUT2D eigenvalue weighted by atomic mass is 15.0. The highest BCUT2D eigenvalue weighted by Gasteiger charge is 2.16. The van der Waals surface area contributed by atoms with Crippen molar-refractivity contribution in [2.45, 2.75) is 0 Å². The van der Waals surface area contributed by atoms with Crippen LogP contribution in [0.15, 0.2) is 175 Å². The van der Waals surface area contributed by atoms with Crippen LogP contribution in [-0.2, 0) is 0 Å². The first-order chi connectivity index (χ1) is 23.3. The second-order valence-electron chi connectivity index (χ2n) is 11.7. The van der Waals surface area contributed by atoms with Crippen molar-refractivity contribution in [1.82, 2.24) is 14.4 Å². The van der Waals surface area contributed by atoms with E-state index in [0.29, 0.717) is 0 Å². The Hall–Kier alpha value is -6.39. The van der Waals surface area contributed by atoms with E-state index in [9.17, 15) is 0 Å². The number of allylic oxidation sites excluding steroid dienone is 3. The maximum absolute atomic E-state index is 5.20. The summed E-state index contributed by atoms with van der Waals surface area (Å²) in [5.41, 5.74) is 12.4. The normalized spacial score (nSPS) is 16.5. The summed E-state index contributed by atoms with van der Waals surface area (Å²) in [6, 6.07) is 50.5. The number of fused-ring (bicyclic) bond motifs is 6. The van der Waals surface area contributed by atoms with Crippen molar-refractivity contribution in [3.8, 4) is 22.4 Å². The van der Waals surface area contributed by atoms with Crippen LogP contribution in [-0.4, -0.2) is 14.4 Å². The predicted octanol–water partition coefficient (Wildman–Crippen LogP) is 8.80. The third-order valence-corrected chi connectivity index (χ3v) is 8.83. The lowest BCUT2D eigenvalue weighted by Crippen LogP contribution is -2.27. The van der Waals surface area contributed by atoms with Crippen molar-refractivity contribution in [3.63, 3.8) is 0 Å². The van der Waals surface area contributed by atoms with Gasteiger partial charge in [0.1, 0.15) is 11.2 Å². The maximum atomic E-state index is 5.20. The van der Waals surface area contributed by atoms with Gasteiger partial charge in [-0.25, -0.2) is 15.0 Å². The smallest absolute Gasteiger partial charge is 0.137 e. The standard InChI is InChI=1S/C43H28N4/c1-2-12-29(13-3-1)32-14-10-15-33(28-32)37-21-11-18-34(35-16-4-6-19-38(35)44-37)30-23-25-31(26-24-30)41-43-42(36-17-5-7-20-39(36)45-41)46-40-22-8-9-27-47(40)43/h1-28H/b18-11+,21-11?,34-18?,35-34+,37-21+,44-37?,44-38-. The van der Waals surface area contributed by atoms with E-state index in [1.165, 1.54) is 11.1 Å². The van der Waals surface area contributed by atoms with Gasteiger partial charge in [0, 0.05) is 27.9 Å². The number of hydrogen-bond acceptors (Lipinski definition) is 3. The number of benzene rings is 5. The van der Waals surface area contributed by atoms with Gasteiger partial charge in [0.15, 0.2) is 0 Å². The molecule has 4 heterocycles. The first kappa shape index (κ1) is 27.0. The molecule has 4 heteroatoms. The molecular weight excluding hydrogens is 573 g/mol. The number of imidazole rings is 1. The lowest BCUT2D eigenvalue weighted by molar-refractivity contribution is 1.22. The molecule has 0 saturated heterocycles. The van der Waals surface area contributed by atoms with Gasteiger partial charge in [0.05, 0.1) is 27.8 Å². The van der Waals surface area contributed by atoms with Gasteiger partial charge in [-0.3, -0.25) is 4.40 Å². The number of pyridine rings is 2. The first-order valence-corrected chi connectivity index (χ1v) is 15.8. The summed E-state index contributed by atoms with van der Waals surface area (Å²) in [6.45, 7) is 0. The molecule has 3 aromatic heterocycles. The Kier molecular flexibility index (Phi) is 6.43. The minimum Gasteiger partial charge on any atom is -0.298 e. The summed E-state index contributed by atoms with van der Waals surface area (Å²) < 4.78 is 2.14. The van der Waals surface area contributed by atoms with Crippen LogP contribution in [0.25, 0.3) is 61.2 Å². The summed E-state index contributed by atoms with van der Waals surface area (Å²) >= 11 is 0. The molecule has 0 amide bonds. The summed E-state index contributed by atoms with van der Waals surface area (Å²) in [7, 11) is 0. The van der Waals surface area contributed by atoms with Crippen LogP contribution in [0, 0.1) is 0 Å². The highest BCUT2D eigenvalue weighted by Crippen LogP contribution is 2.33.